The van der Waals surface area contributed by atoms with E-state index in [1.807, 2.05) is 0 Å². The topological polar surface area (TPSA) is 139 Å². The fourth-order valence-corrected chi connectivity index (χ4v) is 2.34. The van der Waals surface area contributed by atoms with E-state index in [2.05, 4.69) is 4.74 Å². The molecule has 0 bridgehead atoms. The smallest absolute Gasteiger partial charge is 0.306 e. The van der Waals surface area contributed by atoms with Crippen molar-refractivity contribution in [1.29, 1.82) is 0 Å². The molecule has 0 saturated carbocycles. The zero-order valence-electron chi connectivity index (χ0n) is 10.4. The van der Waals surface area contributed by atoms with Gasteiger partial charge in [0.25, 0.3) is 11.4 Å². The van der Waals surface area contributed by atoms with Crippen molar-refractivity contribution in [2.75, 3.05) is 18.6 Å². The summed E-state index contributed by atoms with van der Waals surface area (Å²) in [5.74, 6) is -0.240. The Morgan fingerprint density at radius 3 is 2.50 bits per heavy atom. The van der Waals surface area contributed by atoms with Crippen molar-refractivity contribution in [2.45, 2.75) is 11.3 Å². The van der Waals surface area contributed by atoms with Crippen LogP contribution >= 0.6 is 11.8 Å². The molecule has 0 fully saturated rings. The van der Waals surface area contributed by atoms with E-state index < -0.39 is 27.2 Å². The number of nitrogens with zero attached hydrogens (tertiary/aromatic N) is 2. The molecule has 0 atom stereocenters. The van der Waals surface area contributed by atoms with Gasteiger partial charge in [0.2, 0.25) is 0 Å². The van der Waals surface area contributed by atoms with Crippen molar-refractivity contribution in [1.82, 2.24) is 0 Å². The van der Waals surface area contributed by atoms with Crippen molar-refractivity contribution in [3.63, 3.8) is 0 Å². The van der Waals surface area contributed by atoms with E-state index in [0.717, 1.165) is 23.9 Å². The van der Waals surface area contributed by atoms with Gasteiger partial charge in [0.1, 0.15) is 4.90 Å². The van der Waals surface area contributed by atoms with Crippen LogP contribution < -0.4 is 5.73 Å². The van der Waals surface area contributed by atoms with Crippen LogP contribution in [-0.4, -0.2) is 28.7 Å². The van der Waals surface area contributed by atoms with Crippen LogP contribution in [0.5, 0.6) is 0 Å². The minimum absolute atomic E-state index is 0.0503. The summed E-state index contributed by atoms with van der Waals surface area (Å²) >= 11 is 0.976. The molecule has 0 unspecified atom stereocenters. The van der Waals surface area contributed by atoms with Crippen LogP contribution in [-0.2, 0) is 9.53 Å². The Labute approximate surface area is 117 Å². The molecule has 2 N–H and O–H groups in total. The minimum Gasteiger partial charge on any atom is -0.469 e. The summed E-state index contributed by atoms with van der Waals surface area (Å²) in [5.41, 5.74) is 4.63. The molecule has 0 aliphatic carbocycles. The summed E-state index contributed by atoms with van der Waals surface area (Å²) in [4.78, 5) is 31.1. The number of benzene rings is 1. The lowest BCUT2D eigenvalue weighted by Gasteiger charge is -2.06. The van der Waals surface area contributed by atoms with Gasteiger partial charge in [0, 0.05) is 11.8 Å². The first-order chi connectivity index (χ1) is 9.36. The number of esters is 1. The predicted molar refractivity (Wildman–Crippen MR) is 71.5 cm³/mol. The number of nitro benzene ring substituents is 2. The molecule has 0 spiro atoms. The lowest BCUT2D eigenvalue weighted by atomic mass is 10.2. The van der Waals surface area contributed by atoms with Crippen molar-refractivity contribution in [2.24, 2.45) is 0 Å². The highest BCUT2D eigenvalue weighted by molar-refractivity contribution is 7.99. The van der Waals surface area contributed by atoms with Gasteiger partial charge in [-0.15, -0.1) is 11.8 Å². The Bertz CT molecular complexity index is 562. The van der Waals surface area contributed by atoms with E-state index in [-0.39, 0.29) is 22.8 Å². The van der Waals surface area contributed by atoms with E-state index in [1.54, 1.807) is 0 Å². The Hall–Kier alpha value is -2.36. The number of rotatable bonds is 6. The molecule has 1 aromatic rings. The lowest BCUT2D eigenvalue weighted by molar-refractivity contribution is -0.395. The third kappa shape index (κ3) is 3.82. The molecule has 10 heteroatoms. The van der Waals surface area contributed by atoms with Gasteiger partial charge in [-0.25, -0.2) is 0 Å². The van der Waals surface area contributed by atoms with Gasteiger partial charge in [0.15, 0.2) is 0 Å². The predicted octanol–water partition coefficient (Wildman–Crippen LogP) is 1.74. The Kier molecular flexibility index (Phi) is 5.26. The second-order valence-electron chi connectivity index (χ2n) is 3.57. The van der Waals surface area contributed by atoms with E-state index in [9.17, 15) is 25.0 Å². The minimum atomic E-state index is -0.758. The van der Waals surface area contributed by atoms with Crippen molar-refractivity contribution >= 4 is 34.8 Å². The molecular weight excluding hydrogens is 290 g/mol. The van der Waals surface area contributed by atoms with E-state index >= 15 is 0 Å². The number of nitrogen functional groups attached to an aromatic ring is 1. The summed E-state index contributed by atoms with van der Waals surface area (Å²) in [6, 6.07) is 1.89. The van der Waals surface area contributed by atoms with Crippen LogP contribution in [0.25, 0.3) is 0 Å². The monoisotopic (exact) mass is 301 g/mol. The highest BCUT2D eigenvalue weighted by Crippen LogP contribution is 2.38. The standard InChI is InChI=1S/C10H11N3O6S/c1-19-9(14)2-3-20-10-7(11)4-6(12(15)16)5-8(10)13(17)18/h4-5H,2-3,11H2,1H3. The normalized spacial score (nSPS) is 10.1. The van der Waals surface area contributed by atoms with Crippen molar-refractivity contribution < 1.29 is 19.4 Å². The molecule has 1 rings (SSSR count). The van der Waals surface area contributed by atoms with Crippen LogP contribution in [0, 0.1) is 20.2 Å². The van der Waals surface area contributed by atoms with Crippen molar-refractivity contribution in [3.8, 4) is 0 Å². The molecule has 0 aliphatic heterocycles. The van der Waals surface area contributed by atoms with Crippen LogP contribution in [0.2, 0.25) is 0 Å². The molecule has 0 aromatic heterocycles. The SMILES string of the molecule is COC(=O)CCSc1c(N)cc([N+](=O)[O-])cc1[N+](=O)[O-]. The highest BCUT2D eigenvalue weighted by Gasteiger charge is 2.23. The number of nitro groups is 2. The zero-order chi connectivity index (χ0) is 15.3. The maximum Gasteiger partial charge on any atom is 0.306 e. The summed E-state index contributed by atoms with van der Waals surface area (Å²) < 4.78 is 4.44. The number of thioether (sulfide) groups is 1. The van der Waals surface area contributed by atoms with Crippen molar-refractivity contribution in [3.05, 3.63) is 32.4 Å². The number of methoxy groups -OCH3 is 1. The first-order valence-corrected chi connectivity index (χ1v) is 6.27. The number of anilines is 1. The number of nitrogens with two attached hydrogens (primary N) is 1. The Morgan fingerprint density at radius 1 is 1.35 bits per heavy atom. The molecule has 0 aliphatic rings. The molecule has 20 heavy (non-hydrogen) atoms. The molecule has 0 heterocycles. The second kappa shape index (κ2) is 6.70. The maximum absolute atomic E-state index is 11.0. The largest absolute Gasteiger partial charge is 0.469 e. The summed E-state index contributed by atoms with van der Waals surface area (Å²) in [5, 5.41) is 21.6. The summed E-state index contributed by atoms with van der Waals surface area (Å²) in [7, 11) is 1.23. The molecule has 1 aromatic carbocycles. The molecule has 9 nitrogen and oxygen atoms in total. The Balaban J connectivity index is 3.02. The van der Waals surface area contributed by atoms with Gasteiger partial charge in [-0.1, -0.05) is 0 Å². The molecular formula is C10H11N3O6S. The first kappa shape index (κ1) is 15.7. The maximum atomic E-state index is 11.0. The summed E-state index contributed by atoms with van der Waals surface area (Å²) in [6.45, 7) is 0. The first-order valence-electron chi connectivity index (χ1n) is 5.28. The summed E-state index contributed by atoms with van der Waals surface area (Å²) in [6.07, 6.45) is 0.0503. The number of hydrogen-bond donors (Lipinski definition) is 1. The van der Waals surface area contributed by atoms with Gasteiger partial charge in [-0.3, -0.25) is 25.0 Å². The fourth-order valence-electron chi connectivity index (χ4n) is 1.36. The quantitative estimate of drug-likeness (QED) is 0.275. The Morgan fingerprint density at radius 2 is 2.00 bits per heavy atom. The second-order valence-corrected chi connectivity index (χ2v) is 4.68. The van der Waals surface area contributed by atoms with Crippen LogP contribution in [0.15, 0.2) is 17.0 Å². The molecule has 0 radical (unpaired) electrons. The van der Waals surface area contributed by atoms with Gasteiger partial charge >= 0.3 is 5.97 Å². The van der Waals surface area contributed by atoms with Gasteiger partial charge < -0.3 is 10.5 Å². The molecule has 108 valence electrons. The number of carbonyl (C=O) groups excluding carboxylic acids is 1. The number of ether oxygens (including phenoxy) is 1. The van der Waals surface area contributed by atoms with E-state index in [0.29, 0.717) is 0 Å². The fraction of sp³-hybridized carbons (Fsp3) is 0.300. The van der Waals surface area contributed by atoms with Crippen LogP contribution in [0.4, 0.5) is 17.1 Å². The lowest BCUT2D eigenvalue weighted by Crippen LogP contribution is -2.03. The number of carbonyl (C=O) groups is 1. The average molecular weight is 301 g/mol. The van der Waals surface area contributed by atoms with Crippen LogP contribution in [0.1, 0.15) is 6.42 Å². The zero-order valence-corrected chi connectivity index (χ0v) is 11.2. The number of non-ortho nitro benzene ring substituents is 1. The van der Waals surface area contributed by atoms with Gasteiger partial charge in [0.05, 0.1) is 35.1 Å². The average Bonchev–Trinajstić information content (AvgIpc) is 2.39. The van der Waals surface area contributed by atoms with E-state index in [1.165, 1.54) is 7.11 Å². The van der Waals surface area contributed by atoms with E-state index in [4.69, 9.17) is 5.73 Å². The number of hydrogen-bond acceptors (Lipinski definition) is 8. The van der Waals surface area contributed by atoms with Gasteiger partial charge in [-0.2, -0.15) is 0 Å². The third-order valence-corrected chi connectivity index (χ3v) is 3.41. The third-order valence-electron chi connectivity index (χ3n) is 2.27. The molecule has 0 amide bonds. The molecule has 0 saturated heterocycles. The highest BCUT2D eigenvalue weighted by atomic mass is 32.2. The van der Waals surface area contributed by atoms with Gasteiger partial charge in [-0.05, 0) is 0 Å². The van der Waals surface area contributed by atoms with Crippen LogP contribution in [0.3, 0.4) is 0 Å².